The number of ether oxygens (including phenoxy) is 1. The van der Waals surface area contributed by atoms with Crippen molar-refractivity contribution in [2.75, 3.05) is 12.4 Å². The molecule has 5 aromatic rings. The fraction of sp³-hybridized carbons (Fsp3) is 0.0769. The van der Waals surface area contributed by atoms with Gasteiger partial charge in [0.15, 0.2) is 5.58 Å². The van der Waals surface area contributed by atoms with E-state index in [2.05, 4.69) is 10.3 Å². The second-order valence-electron chi connectivity index (χ2n) is 7.48. The molecule has 4 aromatic carbocycles. The van der Waals surface area contributed by atoms with Crippen molar-refractivity contribution in [3.8, 4) is 17.2 Å². The van der Waals surface area contributed by atoms with Gasteiger partial charge in [-0.1, -0.05) is 41.9 Å². The molecule has 0 bridgehead atoms. The number of aromatic nitrogens is 1. The molecule has 1 amide bonds. The summed E-state index contributed by atoms with van der Waals surface area (Å²) in [5, 5.41) is 5.29. The number of nitrogens with zero attached hydrogens (tertiary/aromatic N) is 1. The van der Waals surface area contributed by atoms with Crippen LogP contribution in [0.3, 0.4) is 0 Å². The lowest BCUT2D eigenvalue weighted by Gasteiger charge is -2.12. The number of carbonyl (C=O) groups is 1. The molecule has 0 saturated carbocycles. The number of fused-ring (bicyclic) bond motifs is 2. The minimum absolute atomic E-state index is 0.208. The summed E-state index contributed by atoms with van der Waals surface area (Å²) < 4.78 is 11.2. The highest BCUT2D eigenvalue weighted by atomic mass is 35.5. The van der Waals surface area contributed by atoms with Gasteiger partial charge in [-0.2, -0.15) is 0 Å². The lowest BCUT2D eigenvalue weighted by atomic mass is 10.0. The van der Waals surface area contributed by atoms with E-state index in [0.29, 0.717) is 39.0 Å². The van der Waals surface area contributed by atoms with Gasteiger partial charge in [0.05, 0.1) is 7.11 Å². The van der Waals surface area contributed by atoms with Crippen LogP contribution in [0.25, 0.3) is 33.3 Å². The second kappa shape index (κ2) is 8.02. The van der Waals surface area contributed by atoms with Gasteiger partial charge in [0.1, 0.15) is 11.3 Å². The third-order valence-corrected chi connectivity index (χ3v) is 5.77. The first kappa shape index (κ1) is 20.1. The van der Waals surface area contributed by atoms with Gasteiger partial charge < -0.3 is 14.5 Å². The Morgan fingerprint density at radius 1 is 1.00 bits per heavy atom. The molecule has 1 N–H and O–H groups in total. The number of carbonyl (C=O) groups excluding carboxylic acids is 1. The fourth-order valence-electron chi connectivity index (χ4n) is 3.71. The number of hydrogen-bond acceptors (Lipinski definition) is 4. The van der Waals surface area contributed by atoms with Crippen LogP contribution in [0.15, 0.2) is 77.2 Å². The predicted molar refractivity (Wildman–Crippen MR) is 128 cm³/mol. The topological polar surface area (TPSA) is 64.4 Å². The Morgan fingerprint density at radius 3 is 2.66 bits per heavy atom. The zero-order valence-corrected chi connectivity index (χ0v) is 18.2. The number of aryl methyl sites for hydroxylation is 1. The zero-order chi connectivity index (χ0) is 22.2. The van der Waals surface area contributed by atoms with Crippen LogP contribution in [-0.4, -0.2) is 18.0 Å². The smallest absolute Gasteiger partial charge is 0.256 e. The highest BCUT2D eigenvalue weighted by Gasteiger charge is 2.15. The number of rotatable bonds is 4. The molecule has 0 aliphatic rings. The van der Waals surface area contributed by atoms with E-state index in [1.165, 1.54) is 0 Å². The highest BCUT2D eigenvalue weighted by Crippen LogP contribution is 2.31. The van der Waals surface area contributed by atoms with E-state index < -0.39 is 0 Å². The Balaban J connectivity index is 1.50. The van der Waals surface area contributed by atoms with E-state index in [1.54, 1.807) is 13.2 Å². The molecular weight excluding hydrogens is 424 g/mol. The van der Waals surface area contributed by atoms with Crippen molar-refractivity contribution in [2.45, 2.75) is 6.92 Å². The summed E-state index contributed by atoms with van der Waals surface area (Å²) in [4.78, 5) is 17.7. The van der Waals surface area contributed by atoms with Gasteiger partial charge in [0.2, 0.25) is 5.89 Å². The van der Waals surface area contributed by atoms with Gasteiger partial charge in [-0.3, -0.25) is 4.79 Å². The van der Waals surface area contributed by atoms with Crippen LogP contribution in [0.5, 0.6) is 5.75 Å². The van der Waals surface area contributed by atoms with Crippen LogP contribution in [-0.2, 0) is 0 Å². The quantitative estimate of drug-likeness (QED) is 0.330. The number of benzene rings is 4. The molecule has 5 nitrogen and oxygen atoms in total. The average molecular weight is 443 g/mol. The Hall–Kier alpha value is -3.83. The highest BCUT2D eigenvalue weighted by molar-refractivity contribution is 6.36. The van der Waals surface area contributed by atoms with Crippen molar-refractivity contribution in [1.29, 1.82) is 0 Å². The standard InChI is InChI=1S/C26H19ClN2O3/c1-15-9-10-16(26-29-23-14-17(31-2)11-12-24(23)32-26)13-22(15)28-25(30)20-7-3-6-19-18(20)5-4-8-21(19)27/h3-14H,1-2H3,(H,28,30). The van der Waals surface area contributed by atoms with Crippen LogP contribution in [0.4, 0.5) is 5.69 Å². The van der Waals surface area contributed by atoms with E-state index in [-0.39, 0.29) is 5.91 Å². The Bertz CT molecular complexity index is 1490. The lowest BCUT2D eigenvalue weighted by Crippen LogP contribution is -2.13. The zero-order valence-electron chi connectivity index (χ0n) is 17.5. The summed E-state index contributed by atoms with van der Waals surface area (Å²) in [6, 6.07) is 22.3. The van der Waals surface area contributed by atoms with Gasteiger partial charge in [-0.25, -0.2) is 4.98 Å². The number of methoxy groups -OCH3 is 1. The monoisotopic (exact) mass is 442 g/mol. The molecule has 1 aromatic heterocycles. The number of halogens is 1. The van der Waals surface area contributed by atoms with Gasteiger partial charge in [0.25, 0.3) is 5.91 Å². The first-order chi connectivity index (χ1) is 15.5. The SMILES string of the molecule is COc1ccc2oc(-c3ccc(C)c(NC(=O)c4cccc5c(Cl)cccc45)c3)nc2c1. The Kier molecular flexibility index (Phi) is 5.04. The summed E-state index contributed by atoms with van der Waals surface area (Å²) >= 11 is 6.30. The van der Waals surface area contributed by atoms with Crippen molar-refractivity contribution >= 4 is 45.1 Å². The van der Waals surface area contributed by atoms with Crippen LogP contribution in [0.1, 0.15) is 15.9 Å². The van der Waals surface area contributed by atoms with Crippen molar-refractivity contribution in [1.82, 2.24) is 4.98 Å². The molecule has 6 heteroatoms. The third kappa shape index (κ3) is 3.57. The molecule has 0 spiro atoms. The van der Waals surface area contributed by atoms with Crippen molar-refractivity contribution in [3.05, 3.63) is 88.9 Å². The molecule has 0 aliphatic heterocycles. The maximum Gasteiger partial charge on any atom is 0.256 e. The summed E-state index contributed by atoms with van der Waals surface area (Å²) in [7, 11) is 1.61. The second-order valence-corrected chi connectivity index (χ2v) is 7.88. The number of amides is 1. The molecule has 0 radical (unpaired) electrons. The largest absolute Gasteiger partial charge is 0.497 e. The maximum absolute atomic E-state index is 13.1. The molecular formula is C26H19ClN2O3. The van der Waals surface area contributed by atoms with Gasteiger partial charge in [0, 0.05) is 33.3 Å². The number of anilines is 1. The van der Waals surface area contributed by atoms with E-state index in [0.717, 1.165) is 21.9 Å². The molecule has 5 rings (SSSR count). The molecule has 0 unspecified atom stereocenters. The lowest BCUT2D eigenvalue weighted by molar-refractivity contribution is 0.102. The Morgan fingerprint density at radius 2 is 1.81 bits per heavy atom. The summed E-state index contributed by atoms with van der Waals surface area (Å²) in [6.45, 7) is 1.94. The number of nitrogens with one attached hydrogen (secondary N) is 1. The normalized spacial score (nSPS) is 11.1. The van der Waals surface area contributed by atoms with Crippen molar-refractivity contribution < 1.29 is 13.9 Å². The van der Waals surface area contributed by atoms with Crippen LogP contribution in [0, 0.1) is 6.92 Å². The van der Waals surface area contributed by atoms with E-state index in [4.69, 9.17) is 20.8 Å². The minimum Gasteiger partial charge on any atom is -0.497 e. The van der Waals surface area contributed by atoms with Crippen molar-refractivity contribution in [2.24, 2.45) is 0 Å². The Labute approximate surface area is 189 Å². The summed E-state index contributed by atoms with van der Waals surface area (Å²) in [5.74, 6) is 0.977. The summed E-state index contributed by atoms with van der Waals surface area (Å²) in [5.41, 5.74) is 4.31. The maximum atomic E-state index is 13.1. The van der Waals surface area contributed by atoms with Crippen LogP contribution >= 0.6 is 11.6 Å². The van der Waals surface area contributed by atoms with Gasteiger partial charge >= 0.3 is 0 Å². The predicted octanol–water partition coefficient (Wildman–Crippen LogP) is 6.87. The summed E-state index contributed by atoms with van der Waals surface area (Å²) in [6.07, 6.45) is 0. The fourth-order valence-corrected chi connectivity index (χ4v) is 3.94. The molecule has 0 aliphatic carbocycles. The minimum atomic E-state index is -0.208. The molecule has 0 fully saturated rings. The molecule has 0 saturated heterocycles. The van der Waals surface area contributed by atoms with Gasteiger partial charge in [-0.15, -0.1) is 0 Å². The number of oxazole rings is 1. The van der Waals surface area contributed by atoms with E-state index in [9.17, 15) is 4.79 Å². The van der Waals surface area contributed by atoms with E-state index in [1.807, 2.05) is 73.7 Å². The van der Waals surface area contributed by atoms with Gasteiger partial charge in [-0.05, 0) is 54.3 Å². The first-order valence-electron chi connectivity index (χ1n) is 10.1. The molecule has 1 heterocycles. The first-order valence-corrected chi connectivity index (χ1v) is 10.5. The number of hydrogen-bond donors (Lipinski definition) is 1. The average Bonchev–Trinajstić information content (AvgIpc) is 3.23. The van der Waals surface area contributed by atoms with Crippen molar-refractivity contribution in [3.63, 3.8) is 0 Å². The van der Waals surface area contributed by atoms with E-state index >= 15 is 0 Å². The third-order valence-electron chi connectivity index (χ3n) is 5.44. The van der Waals surface area contributed by atoms with Crippen LogP contribution in [0.2, 0.25) is 5.02 Å². The molecule has 32 heavy (non-hydrogen) atoms. The molecule has 0 atom stereocenters. The molecule has 158 valence electrons. The van der Waals surface area contributed by atoms with Crippen LogP contribution < -0.4 is 10.1 Å².